The Morgan fingerprint density at radius 1 is 1.03 bits per heavy atom. The largest absolute Gasteiger partial charge is 0.495 e. The van der Waals surface area contributed by atoms with E-state index in [0.717, 1.165) is 24.8 Å². The lowest BCUT2D eigenvalue weighted by molar-refractivity contribution is -0.116. The van der Waals surface area contributed by atoms with Crippen LogP contribution in [0.1, 0.15) is 40.7 Å². The summed E-state index contributed by atoms with van der Waals surface area (Å²) in [4.78, 5) is 23.8. The number of nitrogens with zero attached hydrogens (tertiary/aromatic N) is 1. The Morgan fingerprint density at radius 3 is 2.36 bits per heavy atom. The summed E-state index contributed by atoms with van der Waals surface area (Å²) < 4.78 is 37.7. The van der Waals surface area contributed by atoms with Gasteiger partial charge in [0.1, 0.15) is 10.6 Å². The van der Waals surface area contributed by atoms with Crippen LogP contribution in [0.2, 0.25) is 0 Å². The number of esters is 1. The van der Waals surface area contributed by atoms with Gasteiger partial charge in [-0.15, -0.1) is 0 Å². The van der Waals surface area contributed by atoms with Crippen molar-refractivity contribution in [2.24, 2.45) is 0 Å². The Labute approximate surface area is 194 Å². The standard InChI is InChI=1S/C24H28N2O6S/c1-31-21-12-8-18(16-22(21)33(29,30)26-14-4-3-5-15-26)9-13-23(27)25-17-19-6-10-20(11-7-19)24(28)32-2/h6-13,16H,3-5,14-15,17H2,1-2H3,(H,25,27). The smallest absolute Gasteiger partial charge is 0.337 e. The molecule has 0 atom stereocenters. The Hall–Kier alpha value is -3.17. The number of nitrogens with one attached hydrogen (secondary N) is 1. The molecule has 1 N–H and O–H groups in total. The molecule has 1 amide bonds. The van der Waals surface area contributed by atoms with Gasteiger partial charge in [0.15, 0.2) is 0 Å². The third-order valence-electron chi connectivity index (χ3n) is 5.39. The van der Waals surface area contributed by atoms with Crippen molar-refractivity contribution in [3.05, 3.63) is 65.2 Å². The highest BCUT2D eigenvalue weighted by molar-refractivity contribution is 7.89. The zero-order chi connectivity index (χ0) is 23.8. The van der Waals surface area contributed by atoms with Gasteiger partial charge < -0.3 is 14.8 Å². The van der Waals surface area contributed by atoms with Crippen LogP contribution in [0.15, 0.2) is 53.4 Å². The Kier molecular flexibility index (Phi) is 8.24. The first-order valence-corrected chi connectivity index (χ1v) is 12.1. The maximum atomic E-state index is 13.1. The lowest BCUT2D eigenvalue weighted by Gasteiger charge is -2.26. The maximum Gasteiger partial charge on any atom is 0.337 e. The molecule has 0 radical (unpaired) electrons. The lowest BCUT2D eigenvalue weighted by Crippen LogP contribution is -2.35. The molecule has 1 aliphatic heterocycles. The number of ether oxygens (including phenoxy) is 2. The molecule has 3 rings (SSSR count). The summed E-state index contributed by atoms with van der Waals surface area (Å²) >= 11 is 0. The highest BCUT2D eigenvalue weighted by Crippen LogP contribution is 2.30. The normalized spacial score (nSPS) is 14.7. The molecule has 33 heavy (non-hydrogen) atoms. The number of sulfonamides is 1. The third kappa shape index (κ3) is 6.21. The van der Waals surface area contributed by atoms with Crippen molar-refractivity contribution in [1.82, 2.24) is 9.62 Å². The molecule has 0 aliphatic carbocycles. The first-order chi connectivity index (χ1) is 15.8. The summed E-state index contributed by atoms with van der Waals surface area (Å²) in [5.41, 5.74) is 1.83. The van der Waals surface area contributed by atoms with E-state index in [2.05, 4.69) is 10.1 Å². The third-order valence-corrected chi connectivity index (χ3v) is 7.31. The number of carbonyl (C=O) groups excluding carboxylic acids is 2. The average Bonchev–Trinajstić information content (AvgIpc) is 2.86. The van der Waals surface area contributed by atoms with Crippen molar-refractivity contribution in [2.75, 3.05) is 27.3 Å². The van der Waals surface area contributed by atoms with E-state index in [9.17, 15) is 18.0 Å². The van der Waals surface area contributed by atoms with Crippen LogP contribution >= 0.6 is 0 Å². The second kappa shape index (κ2) is 11.1. The predicted octanol–water partition coefficient (Wildman–Crippen LogP) is 2.99. The average molecular weight is 473 g/mol. The minimum atomic E-state index is -3.68. The molecular weight excluding hydrogens is 444 g/mol. The second-order valence-electron chi connectivity index (χ2n) is 7.61. The molecule has 2 aromatic carbocycles. The van der Waals surface area contributed by atoms with Crippen LogP contribution in [0, 0.1) is 0 Å². The van der Waals surface area contributed by atoms with Crippen molar-refractivity contribution in [3.8, 4) is 5.75 Å². The minimum absolute atomic E-state index is 0.0974. The fourth-order valence-electron chi connectivity index (χ4n) is 3.54. The van der Waals surface area contributed by atoms with Crippen LogP contribution < -0.4 is 10.1 Å². The first kappa shape index (κ1) is 24.5. The fraction of sp³-hybridized carbons (Fsp3) is 0.333. The number of amides is 1. The molecule has 2 aromatic rings. The zero-order valence-corrected chi connectivity index (χ0v) is 19.6. The minimum Gasteiger partial charge on any atom is -0.495 e. The summed E-state index contributed by atoms with van der Waals surface area (Å²) in [7, 11) is -0.930. The lowest BCUT2D eigenvalue weighted by atomic mass is 10.1. The van der Waals surface area contributed by atoms with E-state index >= 15 is 0 Å². The summed E-state index contributed by atoms with van der Waals surface area (Å²) in [6, 6.07) is 11.5. The SMILES string of the molecule is COC(=O)c1ccc(CNC(=O)C=Cc2ccc(OC)c(S(=O)(=O)N3CCCCC3)c2)cc1. The molecule has 8 nitrogen and oxygen atoms in total. The molecule has 0 saturated carbocycles. The van der Waals surface area contributed by atoms with Gasteiger partial charge in [-0.1, -0.05) is 24.6 Å². The van der Waals surface area contributed by atoms with E-state index in [1.807, 2.05) is 0 Å². The van der Waals surface area contributed by atoms with Crippen LogP contribution in [0.4, 0.5) is 0 Å². The van der Waals surface area contributed by atoms with Gasteiger partial charge in [-0.05, 0) is 54.3 Å². The molecule has 1 heterocycles. The van der Waals surface area contributed by atoms with Crippen molar-refractivity contribution in [1.29, 1.82) is 0 Å². The second-order valence-corrected chi connectivity index (χ2v) is 9.52. The van der Waals surface area contributed by atoms with Crippen molar-refractivity contribution < 1.29 is 27.5 Å². The van der Waals surface area contributed by atoms with E-state index < -0.39 is 16.0 Å². The van der Waals surface area contributed by atoms with E-state index in [4.69, 9.17) is 4.74 Å². The molecule has 176 valence electrons. The highest BCUT2D eigenvalue weighted by Gasteiger charge is 2.29. The number of hydrogen-bond donors (Lipinski definition) is 1. The topological polar surface area (TPSA) is 102 Å². The van der Waals surface area contributed by atoms with Crippen LogP contribution in [0.3, 0.4) is 0 Å². The van der Waals surface area contributed by atoms with Gasteiger partial charge >= 0.3 is 5.97 Å². The van der Waals surface area contributed by atoms with Gasteiger partial charge in [-0.25, -0.2) is 13.2 Å². The summed E-state index contributed by atoms with van der Waals surface area (Å²) in [5, 5.41) is 2.76. The van der Waals surface area contributed by atoms with E-state index in [1.54, 1.807) is 42.5 Å². The van der Waals surface area contributed by atoms with Gasteiger partial charge in [-0.3, -0.25) is 4.79 Å². The van der Waals surface area contributed by atoms with Gasteiger partial charge in [0, 0.05) is 25.7 Å². The number of rotatable bonds is 8. The predicted molar refractivity (Wildman–Crippen MR) is 124 cm³/mol. The number of piperidine rings is 1. The molecule has 0 aromatic heterocycles. The van der Waals surface area contributed by atoms with Crippen LogP contribution in [-0.2, 0) is 26.1 Å². The van der Waals surface area contributed by atoms with Crippen LogP contribution in [0.25, 0.3) is 6.08 Å². The summed E-state index contributed by atoms with van der Waals surface area (Å²) in [5.74, 6) is -0.476. The quantitative estimate of drug-likeness (QED) is 0.468. The highest BCUT2D eigenvalue weighted by atomic mass is 32.2. The molecular formula is C24H28N2O6S. The maximum absolute atomic E-state index is 13.1. The Balaban J connectivity index is 1.67. The van der Waals surface area contributed by atoms with Gasteiger partial charge in [0.25, 0.3) is 0 Å². The zero-order valence-electron chi connectivity index (χ0n) is 18.7. The van der Waals surface area contributed by atoms with E-state index in [1.165, 1.54) is 30.7 Å². The van der Waals surface area contributed by atoms with Gasteiger partial charge in [-0.2, -0.15) is 4.31 Å². The molecule has 0 bridgehead atoms. The van der Waals surface area contributed by atoms with E-state index in [0.29, 0.717) is 24.2 Å². The molecule has 0 spiro atoms. The van der Waals surface area contributed by atoms with Crippen LogP contribution in [-0.4, -0.2) is 51.9 Å². The summed E-state index contributed by atoms with van der Waals surface area (Å²) in [6.45, 7) is 1.27. The number of benzene rings is 2. The fourth-order valence-corrected chi connectivity index (χ4v) is 5.25. The van der Waals surface area contributed by atoms with Gasteiger partial charge in [0.05, 0.1) is 19.8 Å². The molecule has 1 aliphatic rings. The Morgan fingerprint density at radius 2 is 1.73 bits per heavy atom. The monoisotopic (exact) mass is 472 g/mol. The number of carbonyl (C=O) groups is 2. The first-order valence-electron chi connectivity index (χ1n) is 10.7. The number of methoxy groups -OCH3 is 2. The van der Waals surface area contributed by atoms with Crippen molar-refractivity contribution in [2.45, 2.75) is 30.7 Å². The molecule has 1 fully saturated rings. The van der Waals surface area contributed by atoms with Crippen molar-refractivity contribution in [3.63, 3.8) is 0 Å². The molecule has 0 unspecified atom stereocenters. The van der Waals surface area contributed by atoms with E-state index in [-0.39, 0.29) is 23.1 Å². The Bertz CT molecular complexity index is 1120. The van der Waals surface area contributed by atoms with Gasteiger partial charge in [0.2, 0.25) is 15.9 Å². The summed E-state index contributed by atoms with van der Waals surface area (Å²) in [6.07, 6.45) is 5.61. The van der Waals surface area contributed by atoms with Crippen LogP contribution in [0.5, 0.6) is 5.75 Å². The molecule has 9 heteroatoms. The number of hydrogen-bond acceptors (Lipinski definition) is 6. The van der Waals surface area contributed by atoms with Crippen molar-refractivity contribution >= 4 is 28.0 Å². The molecule has 1 saturated heterocycles.